The molecule has 16 heavy (non-hydrogen) atoms. The van der Waals surface area contributed by atoms with Gasteiger partial charge >= 0.3 is 0 Å². The summed E-state index contributed by atoms with van der Waals surface area (Å²) in [6.07, 6.45) is 7.84. The van der Waals surface area contributed by atoms with Crippen molar-refractivity contribution in [1.82, 2.24) is 5.43 Å². The lowest BCUT2D eigenvalue weighted by Crippen LogP contribution is -2.27. The topological polar surface area (TPSA) is 38.0 Å². The predicted octanol–water partition coefficient (Wildman–Crippen LogP) is 3.41. The SMILES string of the molecule is C#CCCCC(NN)c1ccc(Cl)c(Br)c1. The number of halogens is 2. The molecule has 3 N–H and O–H groups in total. The second-order valence-electron chi connectivity index (χ2n) is 3.49. The van der Waals surface area contributed by atoms with Crippen LogP contribution < -0.4 is 11.3 Å². The average molecular weight is 302 g/mol. The lowest BCUT2D eigenvalue weighted by molar-refractivity contribution is 0.502. The number of hydrazine groups is 1. The number of nitrogens with one attached hydrogen (secondary N) is 1. The molecule has 1 atom stereocenters. The standard InChI is InChI=1S/C12H14BrClN2/c1-2-3-4-5-12(16-15)9-6-7-11(14)10(13)8-9/h1,6-8,12,16H,3-5,15H2. The van der Waals surface area contributed by atoms with Gasteiger partial charge in [0.2, 0.25) is 0 Å². The van der Waals surface area contributed by atoms with E-state index in [1.807, 2.05) is 18.2 Å². The molecular formula is C12H14BrClN2. The van der Waals surface area contributed by atoms with Crippen molar-refractivity contribution in [2.45, 2.75) is 25.3 Å². The Morgan fingerprint density at radius 2 is 2.31 bits per heavy atom. The maximum atomic E-state index is 5.93. The fourth-order valence-electron chi connectivity index (χ4n) is 1.48. The van der Waals surface area contributed by atoms with E-state index in [9.17, 15) is 0 Å². The summed E-state index contributed by atoms with van der Waals surface area (Å²) in [5, 5.41) is 0.697. The molecule has 0 spiro atoms. The minimum absolute atomic E-state index is 0.113. The number of hydrogen-bond donors (Lipinski definition) is 2. The van der Waals surface area contributed by atoms with Crippen LogP contribution in [0.25, 0.3) is 0 Å². The van der Waals surface area contributed by atoms with Crippen LogP contribution in [0.3, 0.4) is 0 Å². The molecule has 1 unspecified atom stereocenters. The zero-order chi connectivity index (χ0) is 12.0. The number of terminal acetylenes is 1. The summed E-state index contributed by atoms with van der Waals surface area (Å²) >= 11 is 9.32. The lowest BCUT2D eigenvalue weighted by Gasteiger charge is -2.16. The molecule has 86 valence electrons. The van der Waals surface area contributed by atoms with Crippen LogP contribution in [-0.4, -0.2) is 0 Å². The lowest BCUT2D eigenvalue weighted by atomic mass is 10.0. The fourth-order valence-corrected chi connectivity index (χ4v) is 2.00. The summed E-state index contributed by atoms with van der Waals surface area (Å²) in [6, 6.07) is 5.91. The molecule has 0 amide bonds. The highest BCUT2D eigenvalue weighted by atomic mass is 79.9. The van der Waals surface area contributed by atoms with Crippen molar-refractivity contribution in [2.75, 3.05) is 0 Å². The largest absolute Gasteiger partial charge is 0.271 e. The second-order valence-corrected chi connectivity index (χ2v) is 4.75. The Hall–Kier alpha value is -0.530. The van der Waals surface area contributed by atoms with Gasteiger partial charge in [-0.3, -0.25) is 11.3 Å². The highest BCUT2D eigenvalue weighted by Crippen LogP contribution is 2.27. The fraction of sp³-hybridized carbons (Fsp3) is 0.333. The molecule has 1 aromatic rings. The number of hydrogen-bond acceptors (Lipinski definition) is 2. The maximum absolute atomic E-state index is 5.93. The number of benzene rings is 1. The number of unbranched alkanes of at least 4 members (excludes halogenated alkanes) is 1. The molecule has 2 nitrogen and oxygen atoms in total. The Bertz CT molecular complexity index is 387. The van der Waals surface area contributed by atoms with Crippen LogP contribution in [-0.2, 0) is 0 Å². The van der Waals surface area contributed by atoms with Crippen LogP contribution in [0.15, 0.2) is 22.7 Å². The highest BCUT2D eigenvalue weighted by molar-refractivity contribution is 9.10. The van der Waals surface area contributed by atoms with E-state index in [0.717, 1.165) is 29.3 Å². The van der Waals surface area contributed by atoms with Crippen LogP contribution in [0.5, 0.6) is 0 Å². The van der Waals surface area contributed by atoms with Gasteiger partial charge in [0.25, 0.3) is 0 Å². The summed E-state index contributed by atoms with van der Waals surface area (Å²) in [5.74, 6) is 8.15. The van der Waals surface area contributed by atoms with Crippen LogP contribution in [0.4, 0.5) is 0 Å². The van der Waals surface area contributed by atoms with Crippen LogP contribution in [0.1, 0.15) is 30.9 Å². The van der Waals surface area contributed by atoms with Gasteiger partial charge in [-0.15, -0.1) is 12.3 Å². The first-order valence-corrected chi connectivity index (χ1v) is 6.20. The first-order valence-electron chi connectivity index (χ1n) is 5.03. The molecule has 0 aromatic heterocycles. The van der Waals surface area contributed by atoms with E-state index in [4.69, 9.17) is 23.9 Å². The van der Waals surface area contributed by atoms with Gasteiger partial charge in [0.15, 0.2) is 0 Å². The summed E-state index contributed by atoms with van der Waals surface area (Å²) in [7, 11) is 0. The van der Waals surface area contributed by atoms with E-state index in [2.05, 4.69) is 27.3 Å². The zero-order valence-electron chi connectivity index (χ0n) is 8.84. The first-order chi connectivity index (χ1) is 7.69. The van der Waals surface area contributed by atoms with Crippen molar-refractivity contribution >= 4 is 27.5 Å². The molecule has 0 aliphatic heterocycles. The normalized spacial score (nSPS) is 12.1. The third kappa shape index (κ3) is 3.80. The van der Waals surface area contributed by atoms with Gasteiger partial charge < -0.3 is 0 Å². The molecule has 0 bridgehead atoms. The van der Waals surface area contributed by atoms with Crippen molar-refractivity contribution < 1.29 is 0 Å². The Kier molecular flexibility index (Phi) is 5.86. The third-order valence-corrected chi connectivity index (χ3v) is 3.58. The van der Waals surface area contributed by atoms with E-state index in [0.29, 0.717) is 5.02 Å². The molecule has 0 aliphatic carbocycles. The summed E-state index contributed by atoms with van der Waals surface area (Å²) in [5.41, 5.74) is 3.90. The van der Waals surface area contributed by atoms with Gasteiger partial charge in [-0.1, -0.05) is 17.7 Å². The Balaban J connectivity index is 2.71. The van der Waals surface area contributed by atoms with Gasteiger partial charge in [-0.25, -0.2) is 0 Å². The van der Waals surface area contributed by atoms with Crippen molar-refractivity contribution in [3.63, 3.8) is 0 Å². The minimum atomic E-state index is 0.113. The highest BCUT2D eigenvalue weighted by Gasteiger charge is 2.10. The molecule has 0 saturated carbocycles. The number of rotatable bonds is 5. The van der Waals surface area contributed by atoms with Gasteiger partial charge in [0.1, 0.15) is 0 Å². The van der Waals surface area contributed by atoms with E-state index in [1.54, 1.807) is 0 Å². The maximum Gasteiger partial charge on any atom is 0.0548 e. The van der Waals surface area contributed by atoms with E-state index in [-0.39, 0.29) is 6.04 Å². The summed E-state index contributed by atoms with van der Waals surface area (Å²) < 4.78 is 0.879. The van der Waals surface area contributed by atoms with Crippen molar-refractivity contribution in [3.05, 3.63) is 33.3 Å². The summed E-state index contributed by atoms with van der Waals surface area (Å²) in [6.45, 7) is 0. The van der Waals surface area contributed by atoms with E-state index >= 15 is 0 Å². The molecule has 0 saturated heterocycles. The Labute approximate surface area is 110 Å². The summed E-state index contributed by atoms with van der Waals surface area (Å²) in [4.78, 5) is 0. The monoisotopic (exact) mass is 300 g/mol. The number of nitrogens with two attached hydrogens (primary N) is 1. The average Bonchev–Trinajstić information content (AvgIpc) is 2.29. The second kappa shape index (κ2) is 6.93. The molecule has 4 heteroatoms. The van der Waals surface area contributed by atoms with Crippen LogP contribution in [0.2, 0.25) is 5.02 Å². The molecule has 1 rings (SSSR count). The Morgan fingerprint density at radius 1 is 1.56 bits per heavy atom. The zero-order valence-corrected chi connectivity index (χ0v) is 11.2. The van der Waals surface area contributed by atoms with Crippen molar-refractivity contribution in [2.24, 2.45) is 5.84 Å². The van der Waals surface area contributed by atoms with E-state index < -0.39 is 0 Å². The molecule has 0 aliphatic rings. The molecule has 0 radical (unpaired) electrons. The predicted molar refractivity (Wildman–Crippen MR) is 71.9 cm³/mol. The molecule has 0 fully saturated rings. The van der Waals surface area contributed by atoms with Gasteiger partial charge in [0.05, 0.1) is 5.02 Å². The van der Waals surface area contributed by atoms with Crippen LogP contribution in [0, 0.1) is 12.3 Å². The molecule has 1 aromatic carbocycles. The van der Waals surface area contributed by atoms with Gasteiger partial charge in [-0.2, -0.15) is 0 Å². The smallest absolute Gasteiger partial charge is 0.0548 e. The van der Waals surface area contributed by atoms with Crippen molar-refractivity contribution in [1.29, 1.82) is 0 Å². The van der Waals surface area contributed by atoms with Crippen LogP contribution >= 0.6 is 27.5 Å². The molecular weight excluding hydrogens is 288 g/mol. The third-order valence-electron chi connectivity index (χ3n) is 2.36. The minimum Gasteiger partial charge on any atom is -0.271 e. The quantitative estimate of drug-likeness (QED) is 0.378. The van der Waals surface area contributed by atoms with Crippen molar-refractivity contribution in [3.8, 4) is 12.3 Å². The van der Waals surface area contributed by atoms with Gasteiger partial charge in [0, 0.05) is 16.9 Å². The van der Waals surface area contributed by atoms with Gasteiger partial charge in [-0.05, 0) is 46.5 Å². The van der Waals surface area contributed by atoms with E-state index in [1.165, 1.54) is 0 Å². The Morgan fingerprint density at radius 3 is 2.88 bits per heavy atom. The molecule has 0 heterocycles. The first kappa shape index (κ1) is 13.5.